The molecule has 6 nitrogen and oxygen atoms in total. The van der Waals surface area contributed by atoms with Crippen LogP contribution in [0, 0.1) is 0 Å². The van der Waals surface area contributed by atoms with Crippen LogP contribution in [0.15, 0.2) is 91.0 Å². The normalized spacial score (nSPS) is 12.7. The van der Waals surface area contributed by atoms with Crippen molar-refractivity contribution in [2.45, 2.75) is 30.8 Å². The van der Waals surface area contributed by atoms with Crippen LogP contribution in [0.3, 0.4) is 0 Å². The van der Waals surface area contributed by atoms with Gasteiger partial charge in [0.1, 0.15) is 6.04 Å². The molecule has 0 aliphatic carbocycles. The van der Waals surface area contributed by atoms with Crippen LogP contribution < -0.4 is 16.4 Å². The van der Waals surface area contributed by atoms with Crippen molar-refractivity contribution in [1.82, 2.24) is 10.6 Å². The van der Waals surface area contributed by atoms with Gasteiger partial charge in [-0.1, -0.05) is 91.0 Å². The number of carbonyl (C=O) groups excluding carboxylic acids is 2. The number of nitrogens with one attached hydrogen (secondary N) is 2. The van der Waals surface area contributed by atoms with Crippen molar-refractivity contribution in [3.63, 3.8) is 0 Å². The number of carbonyl (C=O) groups is 2. The Morgan fingerprint density at radius 3 is 1.67 bits per heavy atom. The van der Waals surface area contributed by atoms with Gasteiger partial charge >= 0.3 is 0 Å². The predicted octanol–water partition coefficient (Wildman–Crippen LogP) is 2.89. The lowest BCUT2D eigenvalue weighted by atomic mass is 9.90. The fraction of sp³-hybridized carbons (Fsp3) is 0.259. The quantitative estimate of drug-likeness (QED) is 0.364. The summed E-state index contributed by atoms with van der Waals surface area (Å²) in [6, 6.07) is 26.9. The van der Waals surface area contributed by atoms with Crippen molar-refractivity contribution in [3.05, 3.63) is 108 Å². The molecule has 0 bridgehead atoms. The summed E-state index contributed by atoms with van der Waals surface area (Å²) < 4.78 is 0. The van der Waals surface area contributed by atoms with Gasteiger partial charge in [0.15, 0.2) is 0 Å². The first-order valence-corrected chi connectivity index (χ1v) is 11.2. The SMILES string of the molecule is NCCC[C@@H](NC(=O)C(c1ccccc1)c1ccccc1)C(=O)N[C@@H](CO)c1ccccc1. The van der Waals surface area contributed by atoms with Crippen LogP contribution in [0.25, 0.3) is 0 Å². The maximum atomic E-state index is 13.5. The third-order valence-corrected chi connectivity index (χ3v) is 5.56. The number of hydrogen-bond donors (Lipinski definition) is 4. The van der Waals surface area contributed by atoms with Gasteiger partial charge in [-0.05, 0) is 36.1 Å². The summed E-state index contributed by atoms with van der Waals surface area (Å²) in [5.74, 6) is -1.16. The van der Waals surface area contributed by atoms with Crippen molar-refractivity contribution >= 4 is 11.8 Å². The first-order chi connectivity index (χ1) is 16.1. The second-order valence-electron chi connectivity index (χ2n) is 7.90. The number of amides is 2. The average Bonchev–Trinajstić information content (AvgIpc) is 2.87. The molecule has 3 rings (SSSR count). The fourth-order valence-corrected chi connectivity index (χ4v) is 3.82. The topological polar surface area (TPSA) is 104 Å². The highest BCUT2D eigenvalue weighted by Crippen LogP contribution is 2.25. The Hall–Kier alpha value is -3.48. The molecule has 2 atom stereocenters. The lowest BCUT2D eigenvalue weighted by Gasteiger charge is -2.25. The Bertz CT molecular complexity index is 957. The van der Waals surface area contributed by atoms with Gasteiger partial charge in [-0.25, -0.2) is 0 Å². The lowest BCUT2D eigenvalue weighted by Crippen LogP contribution is -2.49. The molecule has 3 aromatic carbocycles. The number of hydrogen-bond acceptors (Lipinski definition) is 4. The number of nitrogens with two attached hydrogens (primary N) is 1. The van der Waals surface area contributed by atoms with Crippen molar-refractivity contribution in [2.24, 2.45) is 5.73 Å². The molecular weight excluding hydrogens is 414 g/mol. The first-order valence-electron chi connectivity index (χ1n) is 11.2. The molecule has 0 radical (unpaired) electrons. The molecule has 5 N–H and O–H groups in total. The second kappa shape index (κ2) is 12.5. The van der Waals surface area contributed by atoms with Crippen molar-refractivity contribution in [1.29, 1.82) is 0 Å². The molecule has 0 aliphatic heterocycles. The first kappa shape index (κ1) is 24.2. The fourth-order valence-electron chi connectivity index (χ4n) is 3.82. The van der Waals surface area contributed by atoms with E-state index >= 15 is 0 Å². The van der Waals surface area contributed by atoms with Gasteiger partial charge < -0.3 is 21.5 Å². The van der Waals surface area contributed by atoms with E-state index in [0.717, 1.165) is 16.7 Å². The number of aliphatic hydroxyl groups is 1. The standard InChI is InChI=1S/C27H31N3O3/c28-18-10-17-23(26(32)30-24(19-31)20-11-4-1-5-12-20)29-27(33)25(21-13-6-2-7-14-21)22-15-8-3-9-16-22/h1-9,11-16,23-25,31H,10,17-19,28H2,(H,29,33)(H,30,32)/t23-,24+/m1/s1. The number of rotatable bonds is 11. The Balaban J connectivity index is 1.81. The van der Waals surface area contributed by atoms with Gasteiger partial charge in [-0.2, -0.15) is 0 Å². The summed E-state index contributed by atoms with van der Waals surface area (Å²) in [4.78, 5) is 26.6. The minimum atomic E-state index is -0.770. The molecule has 0 fully saturated rings. The number of benzene rings is 3. The van der Waals surface area contributed by atoms with Crippen molar-refractivity contribution < 1.29 is 14.7 Å². The highest BCUT2D eigenvalue weighted by Gasteiger charge is 2.28. The molecule has 0 unspecified atom stereocenters. The number of aliphatic hydroxyl groups excluding tert-OH is 1. The minimum absolute atomic E-state index is 0.246. The Morgan fingerprint density at radius 1 is 0.727 bits per heavy atom. The lowest BCUT2D eigenvalue weighted by molar-refractivity contribution is -0.130. The van der Waals surface area contributed by atoms with E-state index in [1.54, 1.807) is 0 Å². The summed E-state index contributed by atoms with van der Waals surface area (Å²) in [7, 11) is 0. The van der Waals surface area contributed by atoms with Crippen molar-refractivity contribution in [2.75, 3.05) is 13.2 Å². The van der Waals surface area contributed by atoms with Gasteiger partial charge in [0.25, 0.3) is 0 Å². The monoisotopic (exact) mass is 445 g/mol. The van der Waals surface area contributed by atoms with E-state index in [9.17, 15) is 14.7 Å². The van der Waals surface area contributed by atoms with Crippen LogP contribution in [0.4, 0.5) is 0 Å². The van der Waals surface area contributed by atoms with Crippen molar-refractivity contribution in [3.8, 4) is 0 Å². The molecule has 0 saturated heterocycles. The van der Waals surface area contributed by atoms with Crippen LogP contribution in [-0.2, 0) is 9.59 Å². The average molecular weight is 446 g/mol. The highest BCUT2D eigenvalue weighted by molar-refractivity contribution is 5.92. The van der Waals surface area contributed by atoms with E-state index in [4.69, 9.17) is 5.73 Å². The zero-order valence-corrected chi connectivity index (χ0v) is 18.6. The molecule has 3 aromatic rings. The molecule has 2 amide bonds. The largest absolute Gasteiger partial charge is 0.394 e. The van der Waals surface area contributed by atoms with Crippen LogP contribution in [-0.4, -0.2) is 36.1 Å². The maximum Gasteiger partial charge on any atom is 0.243 e. The summed E-state index contributed by atoms with van der Waals surface area (Å²) in [5, 5.41) is 15.6. The molecule has 33 heavy (non-hydrogen) atoms. The minimum Gasteiger partial charge on any atom is -0.394 e. The molecule has 0 saturated carbocycles. The molecule has 6 heteroatoms. The van der Waals surface area contributed by atoms with E-state index in [1.165, 1.54) is 0 Å². The molecular formula is C27H31N3O3. The summed E-state index contributed by atoms with van der Waals surface area (Å²) in [5.41, 5.74) is 8.17. The molecule has 0 aliphatic rings. The molecule has 0 heterocycles. The van der Waals surface area contributed by atoms with E-state index in [2.05, 4.69) is 10.6 Å². The van der Waals surface area contributed by atoms with Crippen LogP contribution in [0.5, 0.6) is 0 Å². The van der Waals surface area contributed by atoms with Crippen LogP contribution in [0.1, 0.15) is 41.5 Å². The maximum absolute atomic E-state index is 13.5. The van der Waals surface area contributed by atoms with Gasteiger partial charge in [-0.3, -0.25) is 9.59 Å². The third kappa shape index (κ3) is 6.75. The van der Waals surface area contributed by atoms with E-state index in [0.29, 0.717) is 19.4 Å². The Labute approximate surface area is 194 Å². The Kier molecular flexibility index (Phi) is 9.18. The highest BCUT2D eigenvalue weighted by atomic mass is 16.3. The van der Waals surface area contributed by atoms with Crippen LogP contribution in [0.2, 0.25) is 0 Å². The second-order valence-corrected chi connectivity index (χ2v) is 7.90. The summed E-state index contributed by atoms with van der Waals surface area (Å²) >= 11 is 0. The van der Waals surface area contributed by atoms with E-state index in [1.807, 2.05) is 91.0 Å². The van der Waals surface area contributed by atoms with Crippen LogP contribution >= 0.6 is 0 Å². The van der Waals surface area contributed by atoms with Gasteiger partial charge in [0, 0.05) is 0 Å². The zero-order chi connectivity index (χ0) is 23.5. The van der Waals surface area contributed by atoms with E-state index in [-0.39, 0.29) is 18.4 Å². The predicted molar refractivity (Wildman–Crippen MR) is 129 cm³/mol. The smallest absolute Gasteiger partial charge is 0.243 e. The van der Waals surface area contributed by atoms with E-state index < -0.39 is 18.0 Å². The van der Waals surface area contributed by atoms with Gasteiger partial charge in [0.2, 0.25) is 11.8 Å². The van der Waals surface area contributed by atoms with Gasteiger partial charge in [0.05, 0.1) is 18.6 Å². The molecule has 0 spiro atoms. The summed E-state index contributed by atoms with van der Waals surface area (Å²) in [6.07, 6.45) is 0.978. The van der Waals surface area contributed by atoms with Gasteiger partial charge in [-0.15, -0.1) is 0 Å². The Morgan fingerprint density at radius 2 is 1.21 bits per heavy atom. The zero-order valence-electron chi connectivity index (χ0n) is 18.6. The molecule has 172 valence electrons. The molecule has 0 aromatic heterocycles. The summed E-state index contributed by atoms with van der Waals surface area (Å²) in [6.45, 7) is 0.159. The third-order valence-electron chi connectivity index (χ3n) is 5.56.